The normalized spacial score (nSPS) is 12.7. The van der Waals surface area contributed by atoms with E-state index in [4.69, 9.17) is 4.42 Å². The monoisotopic (exact) mass is 276 g/mol. The van der Waals surface area contributed by atoms with Crippen molar-refractivity contribution >= 4 is 23.3 Å². The number of rotatable bonds is 5. The van der Waals surface area contributed by atoms with Crippen LogP contribution in [0.15, 0.2) is 34.3 Å². The number of furan rings is 1. The first kappa shape index (κ1) is 13.5. The second kappa shape index (κ2) is 6.33. The number of hydrogen-bond donors (Lipinski definition) is 1. The highest BCUT2D eigenvalue weighted by Gasteiger charge is 2.14. The smallest absolute Gasteiger partial charge is 0.244 e. The first-order valence-corrected chi connectivity index (χ1v) is 7.01. The minimum atomic E-state index is -0.142. The van der Waals surface area contributed by atoms with Gasteiger partial charge in [-0.2, -0.15) is 0 Å². The van der Waals surface area contributed by atoms with Crippen LogP contribution in [0.1, 0.15) is 35.8 Å². The van der Waals surface area contributed by atoms with Crippen LogP contribution in [0.25, 0.3) is 6.08 Å². The molecule has 4 nitrogen and oxygen atoms in total. The summed E-state index contributed by atoms with van der Waals surface area (Å²) in [5.74, 6) is 0.518. The molecule has 0 aromatic carbocycles. The number of nitrogens with zero attached hydrogens (tertiary/aromatic N) is 1. The Morgan fingerprint density at radius 2 is 2.47 bits per heavy atom. The van der Waals surface area contributed by atoms with Gasteiger partial charge in [0.05, 0.1) is 12.3 Å². The minimum Gasteiger partial charge on any atom is -0.465 e. The van der Waals surface area contributed by atoms with Crippen molar-refractivity contribution in [3.63, 3.8) is 0 Å². The summed E-state index contributed by atoms with van der Waals surface area (Å²) >= 11 is 1.57. The molecule has 5 heteroatoms. The summed E-state index contributed by atoms with van der Waals surface area (Å²) in [6, 6.07) is 3.54. The summed E-state index contributed by atoms with van der Waals surface area (Å²) in [6.45, 7) is 3.98. The van der Waals surface area contributed by atoms with E-state index < -0.39 is 0 Å². The molecule has 0 aliphatic heterocycles. The number of aromatic nitrogens is 1. The van der Waals surface area contributed by atoms with Crippen LogP contribution in [0.3, 0.4) is 0 Å². The molecule has 100 valence electrons. The number of hydrogen-bond acceptors (Lipinski definition) is 4. The van der Waals surface area contributed by atoms with Crippen LogP contribution in [0.5, 0.6) is 0 Å². The molecule has 0 saturated carbocycles. The maximum absolute atomic E-state index is 11.8. The summed E-state index contributed by atoms with van der Waals surface area (Å²) in [4.78, 5) is 16.2. The maximum Gasteiger partial charge on any atom is 0.244 e. The van der Waals surface area contributed by atoms with Gasteiger partial charge in [-0.25, -0.2) is 4.98 Å². The van der Waals surface area contributed by atoms with E-state index in [1.54, 1.807) is 35.8 Å². The van der Waals surface area contributed by atoms with Gasteiger partial charge in [0, 0.05) is 17.2 Å². The number of carbonyl (C=O) groups excluding carboxylic acids is 1. The molecule has 1 N–H and O–H groups in total. The summed E-state index contributed by atoms with van der Waals surface area (Å²) in [6.07, 6.45) is 5.51. The number of amides is 1. The van der Waals surface area contributed by atoms with E-state index in [0.29, 0.717) is 5.76 Å². The van der Waals surface area contributed by atoms with Crippen LogP contribution in [-0.4, -0.2) is 10.9 Å². The Hall–Kier alpha value is -1.88. The Balaban J connectivity index is 1.97. The van der Waals surface area contributed by atoms with Crippen LogP contribution >= 0.6 is 11.3 Å². The quantitative estimate of drug-likeness (QED) is 0.852. The van der Waals surface area contributed by atoms with Gasteiger partial charge in [0.1, 0.15) is 10.8 Å². The number of carbonyl (C=O) groups is 1. The van der Waals surface area contributed by atoms with E-state index in [2.05, 4.69) is 10.3 Å². The van der Waals surface area contributed by atoms with Gasteiger partial charge in [0.2, 0.25) is 5.91 Å². The molecule has 0 radical (unpaired) electrons. The van der Waals surface area contributed by atoms with Gasteiger partial charge in [-0.1, -0.05) is 6.92 Å². The summed E-state index contributed by atoms with van der Waals surface area (Å²) in [5, 5.41) is 5.87. The SMILES string of the molecule is CC[C@@H](NC(=O)/C=C\c1ccco1)c1nc(C)cs1. The van der Waals surface area contributed by atoms with Crippen molar-refractivity contribution in [3.05, 3.63) is 46.3 Å². The zero-order valence-electron chi connectivity index (χ0n) is 10.9. The molecule has 2 heterocycles. The largest absolute Gasteiger partial charge is 0.465 e. The molecule has 1 amide bonds. The highest BCUT2D eigenvalue weighted by Crippen LogP contribution is 2.20. The van der Waals surface area contributed by atoms with E-state index in [9.17, 15) is 4.79 Å². The van der Waals surface area contributed by atoms with Crippen LogP contribution < -0.4 is 5.32 Å². The molecule has 2 aromatic rings. The lowest BCUT2D eigenvalue weighted by molar-refractivity contribution is -0.117. The molecule has 0 aliphatic rings. The van der Waals surface area contributed by atoms with Gasteiger partial charge >= 0.3 is 0 Å². The molecule has 0 fully saturated rings. The van der Waals surface area contributed by atoms with Gasteiger partial charge in [0.15, 0.2) is 0 Å². The molecule has 19 heavy (non-hydrogen) atoms. The van der Waals surface area contributed by atoms with Crippen LogP contribution in [0.2, 0.25) is 0 Å². The highest BCUT2D eigenvalue weighted by atomic mass is 32.1. The van der Waals surface area contributed by atoms with Crippen molar-refractivity contribution in [1.29, 1.82) is 0 Å². The van der Waals surface area contributed by atoms with Gasteiger partial charge in [0.25, 0.3) is 0 Å². The number of thiazole rings is 1. The second-order valence-corrected chi connectivity index (χ2v) is 5.03. The number of aryl methyl sites for hydroxylation is 1. The zero-order chi connectivity index (χ0) is 13.7. The molecule has 2 aromatic heterocycles. The average molecular weight is 276 g/mol. The Morgan fingerprint density at radius 3 is 3.05 bits per heavy atom. The second-order valence-electron chi connectivity index (χ2n) is 4.15. The zero-order valence-corrected chi connectivity index (χ0v) is 11.7. The van der Waals surface area contributed by atoms with E-state index >= 15 is 0 Å². The van der Waals surface area contributed by atoms with E-state index in [1.807, 2.05) is 19.2 Å². The fourth-order valence-corrected chi connectivity index (χ4v) is 2.56. The predicted molar refractivity (Wildman–Crippen MR) is 75.8 cm³/mol. The van der Waals surface area contributed by atoms with Crippen molar-refractivity contribution in [1.82, 2.24) is 10.3 Å². The molecule has 2 rings (SSSR count). The molecular weight excluding hydrogens is 260 g/mol. The third-order valence-electron chi connectivity index (χ3n) is 2.60. The first-order chi connectivity index (χ1) is 9.19. The maximum atomic E-state index is 11.8. The van der Waals surface area contributed by atoms with Gasteiger partial charge in [-0.05, 0) is 31.6 Å². The van der Waals surface area contributed by atoms with Gasteiger partial charge in [-0.3, -0.25) is 4.79 Å². The average Bonchev–Trinajstić information content (AvgIpc) is 3.04. The lowest BCUT2D eigenvalue weighted by Gasteiger charge is -2.12. The molecule has 0 unspecified atom stereocenters. The Labute approximate surface area is 116 Å². The Bertz CT molecular complexity index is 558. The van der Waals surface area contributed by atoms with Crippen molar-refractivity contribution < 1.29 is 9.21 Å². The van der Waals surface area contributed by atoms with Crippen LogP contribution in [0, 0.1) is 6.92 Å². The fourth-order valence-electron chi connectivity index (χ4n) is 1.63. The third kappa shape index (κ3) is 3.79. The summed E-state index contributed by atoms with van der Waals surface area (Å²) in [7, 11) is 0. The summed E-state index contributed by atoms with van der Waals surface area (Å²) < 4.78 is 5.13. The molecule has 1 atom stereocenters. The number of nitrogens with one attached hydrogen (secondary N) is 1. The molecular formula is C14H16N2O2S. The molecule has 0 aliphatic carbocycles. The van der Waals surface area contributed by atoms with Crippen LogP contribution in [-0.2, 0) is 4.79 Å². The van der Waals surface area contributed by atoms with Crippen molar-refractivity contribution in [2.75, 3.05) is 0 Å². The molecule has 0 spiro atoms. The highest BCUT2D eigenvalue weighted by molar-refractivity contribution is 7.09. The topological polar surface area (TPSA) is 55.1 Å². The Morgan fingerprint density at radius 1 is 1.63 bits per heavy atom. The first-order valence-electron chi connectivity index (χ1n) is 6.13. The van der Waals surface area contributed by atoms with Crippen molar-refractivity contribution in [2.24, 2.45) is 0 Å². The van der Waals surface area contributed by atoms with Crippen LogP contribution in [0.4, 0.5) is 0 Å². The van der Waals surface area contributed by atoms with Gasteiger partial charge < -0.3 is 9.73 Å². The standard InChI is InChI=1S/C14H16N2O2S/c1-3-12(14-15-10(2)9-19-14)16-13(17)7-6-11-5-4-8-18-11/h4-9,12H,3H2,1-2H3,(H,16,17)/b7-6-/t12-/m1/s1. The fraction of sp³-hybridized carbons (Fsp3) is 0.286. The van der Waals surface area contributed by atoms with E-state index in [1.165, 1.54) is 6.08 Å². The predicted octanol–water partition coefficient (Wildman–Crippen LogP) is 3.33. The Kier molecular flexibility index (Phi) is 4.52. The van der Waals surface area contributed by atoms with Crippen molar-refractivity contribution in [3.8, 4) is 0 Å². The lowest BCUT2D eigenvalue weighted by Crippen LogP contribution is -2.26. The van der Waals surface area contributed by atoms with Gasteiger partial charge in [-0.15, -0.1) is 11.3 Å². The molecule has 0 saturated heterocycles. The summed E-state index contributed by atoms with van der Waals surface area (Å²) in [5.41, 5.74) is 0.985. The van der Waals surface area contributed by atoms with Crippen molar-refractivity contribution in [2.45, 2.75) is 26.3 Å². The lowest BCUT2D eigenvalue weighted by atomic mass is 10.2. The minimum absolute atomic E-state index is 0.0348. The third-order valence-corrected chi connectivity index (χ3v) is 3.68. The van der Waals surface area contributed by atoms with E-state index in [-0.39, 0.29) is 11.9 Å². The molecule has 0 bridgehead atoms. The van der Waals surface area contributed by atoms with E-state index in [0.717, 1.165) is 17.1 Å².